The number of pyridine rings is 1. The molecule has 1 unspecified atom stereocenters. The predicted octanol–water partition coefficient (Wildman–Crippen LogP) is 3.74. The predicted molar refractivity (Wildman–Crippen MR) is 78.8 cm³/mol. The highest BCUT2D eigenvalue weighted by atomic mass is 14.9. The summed E-state index contributed by atoms with van der Waals surface area (Å²) < 4.78 is 0. The summed E-state index contributed by atoms with van der Waals surface area (Å²) >= 11 is 0. The largest absolute Gasteiger partial charge is 0.313 e. The van der Waals surface area contributed by atoms with Crippen molar-refractivity contribution in [3.8, 4) is 0 Å². The van der Waals surface area contributed by atoms with Crippen LogP contribution >= 0.6 is 0 Å². The average molecular weight is 248 g/mol. The zero-order chi connectivity index (χ0) is 13.4. The van der Waals surface area contributed by atoms with E-state index in [0.717, 1.165) is 18.9 Å². The van der Waals surface area contributed by atoms with Crippen LogP contribution in [0, 0.1) is 12.8 Å². The zero-order valence-electron chi connectivity index (χ0n) is 12.4. The fourth-order valence-electron chi connectivity index (χ4n) is 2.44. The molecule has 0 aliphatic carbocycles. The van der Waals surface area contributed by atoms with Gasteiger partial charge in [0.2, 0.25) is 0 Å². The van der Waals surface area contributed by atoms with Gasteiger partial charge in [0, 0.05) is 24.4 Å². The van der Waals surface area contributed by atoms with Crippen LogP contribution in [0.25, 0.3) is 0 Å². The maximum atomic E-state index is 4.54. The molecule has 1 atom stereocenters. The van der Waals surface area contributed by atoms with Gasteiger partial charge in [0.25, 0.3) is 0 Å². The molecule has 0 aromatic carbocycles. The SMILES string of the molecule is CCCNC(Cc1ccc(C)cn1)C(CC)CC. The molecule has 0 fully saturated rings. The van der Waals surface area contributed by atoms with Gasteiger partial charge in [-0.3, -0.25) is 4.98 Å². The van der Waals surface area contributed by atoms with Gasteiger partial charge in [-0.1, -0.05) is 39.7 Å². The number of aromatic nitrogens is 1. The van der Waals surface area contributed by atoms with Crippen molar-refractivity contribution in [2.24, 2.45) is 5.92 Å². The van der Waals surface area contributed by atoms with Crippen LogP contribution in [0.4, 0.5) is 0 Å². The molecule has 0 aliphatic rings. The molecular formula is C16H28N2. The molecule has 0 saturated heterocycles. The molecule has 0 spiro atoms. The molecule has 1 aromatic rings. The van der Waals surface area contributed by atoms with Gasteiger partial charge in [-0.15, -0.1) is 0 Å². The Morgan fingerprint density at radius 2 is 1.89 bits per heavy atom. The minimum Gasteiger partial charge on any atom is -0.313 e. The van der Waals surface area contributed by atoms with Crippen molar-refractivity contribution in [3.05, 3.63) is 29.6 Å². The molecule has 1 heterocycles. The maximum absolute atomic E-state index is 4.54. The number of rotatable bonds is 8. The normalized spacial score (nSPS) is 12.9. The van der Waals surface area contributed by atoms with Crippen molar-refractivity contribution < 1.29 is 0 Å². The summed E-state index contributed by atoms with van der Waals surface area (Å²) in [5, 5.41) is 3.69. The first kappa shape index (κ1) is 15.2. The summed E-state index contributed by atoms with van der Waals surface area (Å²) in [7, 11) is 0. The van der Waals surface area contributed by atoms with E-state index in [1.807, 2.05) is 6.20 Å². The van der Waals surface area contributed by atoms with E-state index in [2.05, 4.69) is 50.1 Å². The van der Waals surface area contributed by atoms with Crippen molar-refractivity contribution in [3.63, 3.8) is 0 Å². The van der Waals surface area contributed by atoms with Crippen LogP contribution in [0.2, 0.25) is 0 Å². The Morgan fingerprint density at radius 3 is 2.39 bits per heavy atom. The quantitative estimate of drug-likeness (QED) is 0.758. The van der Waals surface area contributed by atoms with Gasteiger partial charge in [0.05, 0.1) is 0 Å². The Labute approximate surface area is 112 Å². The monoisotopic (exact) mass is 248 g/mol. The van der Waals surface area contributed by atoms with Gasteiger partial charge in [-0.05, 0) is 37.4 Å². The Balaban J connectivity index is 2.67. The first-order valence-electron chi connectivity index (χ1n) is 7.36. The molecule has 1 N–H and O–H groups in total. The van der Waals surface area contributed by atoms with Gasteiger partial charge in [0.15, 0.2) is 0 Å². The number of nitrogens with zero attached hydrogens (tertiary/aromatic N) is 1. The molecule has 1 rings (SSSR count). The van der Waals surface area contributed by atoms with Crippen LogP contribution in [-0.4, -0.2) is 17.6 Å². The minimum absolute atomic E-state index is 0.565. The topological polar surface area (TPSA) is 24.9 Å². The average Bonchev–Trinajstić information content (AvgIpc) is 2.39. The van der Waals surface area contributed by atoms with E-state index in [0.29, 0.717) is 6.04 Å². The molecule has 2 heteroatoms. The van der Waals surface area contributed by atoms with Gasteiger partial charge < -0.3 is 5.32 Å². The minimum atomic E-state index is 0.565. The highest BCUT2D eigenvalue weighted by molar-refractivity contribution is 5.13. The van der Waals surface area contributed by atoms with E-state index < -0.39 is 0 Å². The molecule has 0 bridgehead atoms. The summed E-state index contributed by atoms with van der Waals surface area (Å²) in [4.78, 5) is 4.54. The number of nitrogens with one attached hydrogen (secondary N) is 1. The third-order valence-electron chi connectivity index (χ3n) is 3.68. The fourth-order valence-corrected chi connectivity index (χ4v) is 2.44. The first-order valence-corrected chi connectivity index (χ1v) is 7.36. The first-order chi connectivity index (χ1) is 8.71. The molecule has 0 radical (unpaired) electrons. The van der Waals surface area contributed by atoms with E-state index in [-0.39, 0.29) is 0 Å². The molecule has 102 valence electrons. The lowest BCUT2D eigenvalue weighted by molar-refractivity contribution is 0.330. The van der Waals surface area contributed by atoms with Crippen molar-refractivity contribution >= 4 is 0 Å². The molecule has 0 aliphatic heterocycles. The Kier molecular flexibility index (Phi) is 6.96. The van der Waals surface area contributed by atoms with Crippen molar-refractivity contribution in [2.45, 2.75) is 59.4 Å². The summed E-state index contributed by atoms with van der Waals surface area (Å²) in [6.07, 6.45) is 6.69. The smallest absolute Gasteiger partial charge is 0.0419 e. The number of aryl methyl sites for hydroxylation is 1. The lowest BCUT2D eigenvalue weighted by Gasteiger charge is -2.26. The molecule has 18 heavy (non-hydrogen) atoms. The molecule has 2 nitrogen and oxygen atoms in total. The Bertz CT molecular complexity index is 314. The molecular weight excluding hydrogens is 220 g/mol. The zero-order valence-corrected chi connectivity index (χ0v) is 12.4. The second-order valence-corrected chi connectivity index (χ2v) is 5.17. The van der Waals surface area contributed by atoms with E-state index in [1.54, 1.807) is 0 Å². The summed E-state index contributed by atoms with van der Waals surface area (Å²) in [5.41, 5.74) is 2.44. The fraction of sp³-hybridized carbons (Fsp3) is 0.688. The van der Waals surface area contributed by atoms with Crippen LogP contribution < -0.4 is 5.32 Å². The van der Waals surface area contributed by atoms with Crippen molar-refractivity contribution in [2.75, 3.05) is 6.54 Å². The van der Waals surface area contributed by atoms with E-state index in [4.69, 9.17) is 0 Å². The number of hydrogen-bond acceptors (Lipinski definition) is 2. The molecule has 0 saturated carbocycles. The lowest BCUT2D eigenvalue weighted by atomic mass is 9.90. The number of hydrogen-bond donors (Lipinski definition) is 1. The van der Waals surface area contributed by atoms with Crippen LogP contribution in [0.3, 0.4) is 0 Å². The van der Waals surface area contributed by atoms with Crippen LogP contribution in [0.1, 0.15) is 51.3 Å². The van der Waals surface area contributed by atoms with Gasteiger partial charge in [-0.25, -0.2) is 0 Å². The third kappa shape index (κ3) is 4.77. The maximum Gasteiger partial charge on any atom is 0.0419 e. The Hall–Kier alpha value is -0.890. The lowest BCUT2D eigenvalue weighted by Crippen LogP contribution is -2.38. The van der Waals surface area contributed by atoms with Crippen molar-refractivity contribution in [1.82, 2.24) is 10.3 Å². The summed E-state index contributed by atoms with van der Waals surface area (Å²) in [5.74, 6) is 0.750. The summed E-state index contributed by atoms with van der Waals surface area (Å²) in [6.45, 7) is 9.99. The van der Waals surface area contributed by atoms with Gasteiger partial charge in [-0.2, -0.15) is 0 Å². The third-order valence-corrected chi connectivity index (χ3v) is 3.68. The van der Waals surface area contributed by atoms with E-state index in [1.165, 1.54) is 30.5 Å². The van der Waals surface area contributed by atoms with Crippen LogP contribution in [-0.2, 0) is 6.42 Å². The highest BCUT2D eigenvalue weighted by Gasteiger charge is 2.18. The van der Waals surface area contributed by atoms with E-state index >= 15 is 0 Å². The second-order valence-electron chi connectivity index (χ2n) is 5.17. The van der Waals surface area contributed by atoms with Gasteiger partial charge in [0.1, 0.15) is 0 Å². The Morgan fingerprint density at radius 1 is 1.17 bits per heavy atom. The molecule has 0 amide bonds. The van der Waals surface area contributed by atoms with Crippen molar-refractivity contribution in [1.29, 1.82) is 0 Å². The molecule has 1 aromatic heterocycles. The summed E-state index contributed by atoms with van der Waals surface area (Å²) in [6, 6.07) is 4.89. The second kappa shape index (κ2) is 8.25. The van der Waals surface area contributed by atoms with Crippen LogP contribution in [0.15, 0.2) is 18.3 Å². The van der Waals surface area contributed by atoms with E-state index in [9.17, 15) is 0 Å². The standard InChI is InChI=1S/C16H28N2/c1-5-10-17-16(14(6-2)7-3)11-15-9-8-13(4)12-18-15/h8-9,12,14,16-17H,5-7,10-11H2,1-4H3. The van der Waals surface area contributed by atoms with Crippen LogP contribution in [0.5, 0.6) is 0 Å². The highest BCUT2D eigenvalue weighted by Crippen LogP contribution is 2.17. The van der Waals surface area contributed by atoms with Gasteiger partial charge >= 0.3 is 0 Å².